The SMILES string of the molecule is Cc1nc(C(C)NC(=O)c2cnn(-c3ccc(C(F)(F)F)cn3)c2C(C)C)cs1. The summed E-state index contributed by atoms with van der Waals surface area (Å²) in [6, 6.07) is 1.89. The second-order valence-corrected chi connectivity index (χ2v) is 7.96. The van der Waals surface area contributed by atoms with Crippen molar-refractivity contribution in [2.75, 3.05) is 0 Å². The number of halogens is 3. The van der Waals surface area contributed by atoms with E-state index in [1.165, 1.54) is 28.3 Å². The lowest BCUT2D eigenvalue weighted by Gasteiger charge is -2.15. The van der Waals surface area contributed by atoms with Crippen molar-refractivity contribution >= 4 is 17.2 Å². The van der Waals surface area contributed by atoms with Crippen molar-refractivity contribution in [3.63, 3.8) is 0 Å². The molecule has 0 bridgehead atoms. The molecule has 0 radical (unpaired) electrons. The van der Waals surface area contributed by atoms with Gasteiger partial charge in [-0.1, -0.05) is 13.8 Å². The molecule has 3 heterocycles. The van der Waals surface area contributed by atoms with E-state index in [4.69, 9.17) is 0 Å². The first kappa shape index (κ1) is 21.0. The Hall–Kier alpha value is -2.75. The van der Waals surface area contributed by atoms with Crippen LogP contribution in [0.1, 0.15) is 65.0 Å². The van der Waals surface area contributed by atoms with Gasteiger partial charge in [-0.3, -0.25) is 4.79 Å². The molecule has 0 aliphatic carbocycles. The molecule has 29 heavy (non-hydrogen) atoms. The molecule has 0 aliphatic heterocycles. The zero-order valence-electron chi connectivity index (χ0n) is 16.3. The molecule has 6 nitrogen and oxygen atoms in total. The first-order chi connectivity index (χ1) is 13.6. The van der Waals surface area contributed by atoms with E-state index in [1.807, 2.05) is 33.1 Å². The van der Waals surface area contributed by atoms with Gasteiger partial charge < -0.3 is 5.32 Å². The number of carbonyl (C=O) groups is 1. The van der Waals surface area contributed by atoms with E-state index < -0.39 is 11.7 Å². The molecule has 1 unspecified atom stereocenters. The number of hydrogen-bond acceptors (Lipinski definition) is 5. The van der Waals surface area contributed by atoms with Gasteiger partial charge in [0.15, 0.2) is 5.82 Å². The minimum Gasteiger partial charge on any atom is -0.344 e. The summed E-state index contributed by atoms with van der Waals surface area (Å²) in [7, 11) is 0. The van der Waals surface area contributed by atoms with Gasteiger partial charge in [-0.2, -0.15) is 18.3 Å². The van der Waals surface area contributed by atoms with Crippen molar-refractivity contribution in [3.8, 4) is 5.82 Å². The van der Waals surface area contributed by atoms with E-state index in [0.29, 0.717) is 11.3 Å². The van der Waals surface area contributed by atoms with Gasteiger partial charge in [0, 0.05) is 11.6 Å². The van der Waals surface area contributed by atoms with Gasteiger partial charge in [0.25, 0.3) is 5.91 Å². The Labute approximate surface area is 169 Å². The first-order valence-electron chi connectivity index (χ1n) is 8.92. The Morgan fingerprint density at radius 2 is 1.93 bits per heavy atom. The van der Waals surface area contributed by atoms with Gasteiger partial charge in [0.2, 0.25) is 0 Å². The Kier molecular flexibility index (Phi) is 5.74. The number of amides is 1. The van der Waals surface area contributed by atoms with Crippen LogP contribution in [0.25, 0.3) is 5.82 Å². The average Bonchev–Trinajstić information content (AvgIpc) is 3.27. The standard InChI is InChI=1S/C19H20F3N5OS/c1-10(2)17-14(18(28)25-11(3)15-9-29-12(4)26-15)8-24-27(17)16-6-5-13(7-23-16)19(20,21)22/h5-11H,1-4H3,(H,25,28). The van der Waals surface area contributed by atoms with Crippen LogP contribution in [0.2, 0.25) is 0 Å². The number of pyridine rings is 1. The number of carbonyl (C=O) groups excluding carboxylic acids is 1. The van der Waals surface area contributed by atoms with Gasteiger partial charge in [0.05, 0.1) is 39.8 Å². The predicted octanol–water partition coefficient (Wildman–Crippen LogP) is 4.67. The molecule has 0 spiro atoms. The zero-order chi connectivity index (χ0) is 21.3. The molecule has 3 aromatic rings. The Morgan fingerprint density at radius 1 is 1.21 bits per heavy atom. The number of nitrogens with zero attached hydrogens (tertiary/aromatic N) is 4. The number of aryl methyl sites for hydroxylation is 1. The first-order valence-corrected chi connectivity index (χ1v) is 9.80. The quantitative estimate of drug-likeness (QED) is 0.648. The van der Waals surface area contributed by atoms with Crippen LogP contribution >= 0.6 is 11.3 Å². The molecule has 1 atom stereocenters. The van der Waals surface area contributed by atoms with E-state index in [-0.39, 0.29) is 23.7 Å². The molecule has 0 saturated heterocycles. The number of rotatable bonds is 5. The third-order valence-electron chi connectivity index (χ3n) is 4.32. The molecule has 1 amide bonds. The van der Waals surface area contributed by atoms with Crippen LogP contribution in [0.3, 0.4) is 0 Å². The topological polar surface area (TPSA) is 72.7 Å². The van der Waals surface area contributed by atoms with Crippen molar-refractivity contribution in [1.29, 1.82) is 0 Å². The number of thiazole rings is 1. The average molecular weight is 423 g/mol. The smallest absolute Gasteiger partial charge is 0.344 e. The maximum atomic E-state index is 12.8. The molecule has 0 fully saturated rings. The van der Waals surface area contributed by atoms with E-state index in [0.717, 1.165) is 23.0 Å². The summed E-state index contributed by atoms with van der Waals surface area (Å²) in [4.78, 5) is 21.1. The van der Waals surface area contributed by atoms with Gasteiger partial charge in [-0.05, 0) is 31.9 Å². The van der Waals surface area contributed by atoms with E-state index in [1.54, 1.807) is 0 Å². The molecule has 10 heteroatoms. The maximum absolute atomic E-state index is 12.8. The largest absolute Gasteiger partial charge is 0.417 e. The summed E-state index contributed by atoms with van der Waals surface area (Å²) in [6.07, 6.45) is -2.30. The van der Waals surface area contributed by atoms with E-state index in [9.17, 15) is 18.0 Å². The molecule has 1 N–H and O–H groups in total. The molecule has 154 valence electrons. The summed E-state index contributed by atoms with van der Waals surface area (Å²) in [5.41, 5.74) is 0.838. The number of hydrogen-bond donors (Lipinski definition) is 1. The van der Waals surface area contributed by atoms with Crippen LogP contribution in [-0.4, -0.2) is 25.7 Å². The molecular formula is C19H20F3N5OS. The maximum Gasteiger partial charge on any atom is 0.417 e. The van der Waals surface area contributed by atoms with Gasteiger partial charge >= 0.3 is 6.18 Å². The monoisotopic (exact) mass is 423 g/mol. The van der Waals surface area contributed by atoms with Crippen molar-refractivity contribution in [1.82, 2.24) is 25.1 Å². The molecule has 3 rings (SSSR count). The highest BCUT2D eigenvalue weighted by Gasteiger charge is 2.31. The fourth-order valence-electron chi connectivity index (χ4n) is 2.88. The molecular weight excluding hydrogens is 403 g/mol. The van der Waals surface area contributed by atoms with E-state index >= 15 is 0 Å². The number of alkyl halides is 3. The minimum atomic E-state index is -4.47. The summed E-state index contributed by atoms with van der Waals surface area (Å²) in [6.45, 7) is 7.48. The zero-order valence-corrected chi connectivity index (χ0v) is 17.1. The normalized spacial score (nSPS) is 13.0. The van der Waals surface area contributed by atoms with Crippen molar-refractivity contribution in [2.24, 2.45) is 0 Å². The van der Waals surface area contributed by atoms with Gasteiger partial charge in [0.1, 0.15) is 0 Å². The van der Waals surface area contributed by atoms with Crippen LogP contribution in [0.5, 0.6) is 0 Å². The third-order valence-corrected chi connectivity index (χ3v) is 5.11. The second-order valence-electron chi connectivity index (χ2n) is 6.90. The number of nitrogens with one attached hydrogen (secondary N) is 1. The van der Waals surface area contributed by atoms with E-state index in [2.05, 4.69) is 20.4 Å². The lowest BCUT2D eigenvalue weighted by molar-refractivity contribution is -0.137. The van der Waals surface area contributed by atoms with Crippen molar-refractivity contribution < 1.29 is 18.0 Å². The van der Waals surface area contributed by atoms with Crippen LogP contribution in [-0.2, 0) is 6.18 Å². The second kappa shape index (κ2) is 7.94. The minimum absolute atomic E-state index is 0.112. The molecule has 0 aliphatic rings. The molecule has 0 aromatic carbocycles. The highest BCUT2D eigenvalue weighted by molar-refractivity contribution is 7.09. The third kappa shape index (κ3) is 4.47. The Morgan fingerprint density at radius 3 is 2.45 bits per heavy atom. The van der Waals surface area contributed by atoms with Gasteiger partial charge in [-0.15, -0.1) is 11.3 Å². The van der Waals surface area contributed by atoms with Crippen LogP contribution in [0.15, 0.2) is 29.9 Å². The van der Waals surface area contributed by atoms with Crippen molar-refractivity contribution in [3.05, 3.63) is 57.4 Å². The lowest BCUT2D eigenvalue weighted by atomic mass is 10.0. The highest BCUT2D eigenvalue weighted by atomic mass is 32.1. The summed E-state index contributed by atoms with van der Waals surface area (Å²) < 4.78 is 39.7. The summed E-state index contributed by atoms with van der Waals surface area (Å²) in [5.74, 6) is -0.229. The molecule has 0 saturated carbocycles. The Balaban J connectivity index is 1.89. The van der Waals surface area contributed by atoms with Crippen LogP contribution in [0.4, 0.5) is 13.2 Å². The lowest BCUT2D eigenvalue weighted by Crippen LogP contribution is -2.28. The van der Waals surface area contributed by atoms with Gasteiger partial charge in [-0.25, -0.2) is 14.6 Å². The fraction of sp³-hybridized carbons (Fsp3) is 0.368. The molecule has 3 aromatic heterocycles. The fourth-order valence-corrected chi connectivity index (χ4v) is 3.58. The summed E-state index contributed by atoms with van der Waals surface area (Å²) in [5, 5.41) is 9.90. The summed E-state index contributed by atoms with van der Waals surface area (Å²) >= 11 is 1.50. The Bertz CT molecular complexity index is 1010. The predicted molar refractivity (Wildman–Crippen MR) is 103 cm³/mol. The van der Waals surface area contributed by atoms with Crippen LogP contribution in [0, 0.1) is 6.92 Å². The highest BCUT2D eigenvalue weighted by Crippen LogP contribution is 2.29. The van der Waals surface area contributed by atoms with Crippen LogP contribution < -0.4 is 5.32 Å². The number of aromatic nitrogens is 4. The van der Waals surface area contributed by atoms with Crippen molar-refractivity contribution in [2.45, 2.75) is 45.8 Å².